The molecule has 1 heterocycles. The molecule has 2 rings (SSSR count). The van der Waals surface area contributed by atoms with Gasteiger partial charge in [0, 0.05) is 17.0 Å². The summed E-state index contributed by atoms with van der Waals surface area (Å²) < 4.78 is 87.6. The summed E-state index contributed by atoms with van der Waals surface area (Å²) in [6.07, 6.45) is 0. The van der Waals surface area contributed by atoms with Crippen molar-refractivity contribution in [2.24, 2.45) is 0 Å². The lowest BCUT2D eigenvalue weighted by Gasteiger charge is -2.15. The van der Waals surface area contributed by atoms with E-state index in [0.29, 0.717) is 6.07 Å². The molecule has 0 fully saturated rings. The lowest BCUT2D eigenvalue weighted by Crippen LogP contribution is -2.23. The van der Waals surface area contributed by atoms with Gasteiger partial charge >= 0.3 is 11.0 Å². The van der Waals surface area contributed by atoms with Crippen molar-refractivity contribution in [2.45, 2.75) is 20.8 Å². The van der Waals surface area contributed by atoms with E-state index in [1.54, 1.807) is 0 Å². The molecule has 0 spiro atoms. The maximum Gasteiger partial charge on any atom is 0.578 e. The first-order chi connectivity index (χ1) is 10.9. The van der Waals surface area contributed by atoms with Gasteiger partial charge in [0.15, 0.2) is 4.90 Å². The molecule has 1 aromatic carbocycles. The number of nitrogen functional groups attached to an aromatic ring is 2. The zero-order valence-corrected chi connectivity index (χ0v) is 12.9. The zero-order chi connectivity index (χ0) is 18.3. The Labute approximate surface area is 137 Å². The largest absolute Gasteiger partial charge is 0.604 e. The summed E-state index contributed by atoms with van der Waals surface area (Å²) >= 11 is -4.21. The van der Waals surface area contributed by atoms with Gasteiger partial charge in [-0.3, -0.25) is 0 Å². The molecular weight excluding hydrogens is 384 g/mol. The predicted octanol–water partition coefficient (Wildman–Crippen LogP) is 2.67. The van der Waals surface area contributed by atoms with Gasteiger partial charge < -0.3 is 16.0 Å². The van der Waals surface area contributed by atoms with E-state index in [0.717, 1.165) is 16.8 Å². The number of nitrogens with two attached hydrogens (primary N) is 2. The van der Waals surface area contributed by atoms with E-state index in [-0.39, 0.29) is 17.6 Å². The topological polar surface area (TPSA) is 106 Å². The lowest BCUT2D eigenvalue weighted by molar-refractivity contribution is -0.0435. The molecule has 1 atom stereocenters. The summed E-state index contributed by atoms with van der Waals surface area (Å²) in [5.74, 6) is -0.690. The van der Waals surface area contributed by atoms with Crippen LogP contribution < -0.4 is 11.5 Å². The molecule has 1 aromatic heterocycles. The highest BCUT2D eigenvalue weighted by molar-refractivity contribution is 8.00. The van der Waals surface area contributed by atoms with Crippen LogP contribution in [0.15, 0.2) is 28.0 Å². The summed E-state index contributed by atoms with van der Waals surface area (Å²) in [5.41, 5.74) is 0.519. The maximum atomic E-state index is 12.6. The molecule has 24 heavy (non-hydrogen) atoms. The molecule has 4 N–H and O–H groups in total. The van der Waals surface area contributed by atoms with E-state index < -0.39 is 43.7 Å². The summed E-state index contributed by atoms with van der Waals surface area (Å²) in [4.78, 5) is 1.98. The van der Waals surface area contributed by atoms with Crippen LogP contribution in [0.2, 0.25) is 0 Å². The number of hydrogen-bond donors (Lipinski definition) is 2. The molecule has 0 aliphatic rings. The standard InChI is InChI=1S/C10H7F6N5OS2/c11-9(12,13)23-5-1-4(21-8(18)19-7(17)20-21)2-6(3-5)24(22)10(14,15)16/h1-3H,(H4,17,18,19,20). The van der Waals surface area contributed by atoms with E-state index >= 15 is 0 Å². The molecule has 1 unspecified atom stereocenters. The van der Waals surface area contributed by atoms with Gasteiger partial charge in [-0.1, -0.05) is 0 Å². The monoisotopic (exact) mass is 391 g/mol. The summed E-state index contributed by atoms with van der Waals surface area (Å²) in [5, 5.41) is 3.57. The third-order valence-corrected chi connectivity index (χ3v) is 4.20. The fourth-order valence-corrected chi connectivity index (χ4v) is 3.08. The molecule has 0 saturated heterocycles. The van der Waals surface area contributed by atoms with Crippen molar-refractivity contribution < 1.29 is 30.9 Å². The molecule has 14 heteroatoms. The number of halogens is 6. The second-order valence-electron chi connectivity index (χ2n) is 4.16. The second kappa shape index (κ2) is 6.25. The van der Waals surface area contributed by atoms with E-state index in [2.05, 4.69) is 10.1 Å². The number of thioether (sulfide) groups is 1. The van der Waals surface area contributed by atoms with Crippen LogP contribution in [-0.2, 0) is 11.2 Å². The van der Waals surface area contributed by atoms with Crippen LogP contribution in [0.4, 0.5) is 38.2 Å². The first-order valence-corrected chi connectivity index (χ1v) is 7.71. The lowest BCUT2D eigenvalue weighted by atomic mass is 10.3. The molecule has 132 valence electrons. The number of benzene rings is 1. The molecule has 6 nitrogen and oxygen atoms in total. The number of rotatable bonds is 3. The third kappa shape index (κ3) is 4.39. The Morgan fingerprint density at radius 1 is 1.08 bits per heavy atom. The van der Waals surface area contributed by atoms with Gasteiger partial charge in [-0.2, -0.15) is 22.8 Å². The minimum atomic E-state index is -5.15. The predicted molar refractivity (Wildman–Crippen MR) is 74.6 cm³/mol. The average molecular weight is 391 g/mol. The van der Waals surface area contributed by atoms with E-state index in [1.807, 2.05) is 0 Å². The van der Waals surface area contributed by atoms with Crippen LogP contribution in [0.3, 0.4) is 0 Å². The van der Waals surface area contributed by atoms with E-state index in [9.17, 15) is 30.9 Å². The number of anilines is 2. The van der Waals surface area contributed by atoms with Crippen LogP contribution >= 0.6 is 11.8 Å². The molecule has 2 aromatic rings. The van der Waals surface area contributed by atoms with Crippen molar-refractivity contribution in [1.82, 2.24) is 14.8 Å². The summed E-state index contributed by atoms with van der Waals surface area (Å²) in [6.45, 7) is 0. The van der Waals surface area contributed by atoms with Gasteiger partial charge in [-0.05, 0) is 17.8 Å². The highest BCUT2D eigenvalue weighted by Gasteiger charge is 2.46. The quantitative estimate of drug-likeness (QED) is 0.473. The SMILES string of the molecule is Nc1nc(N)n(-c2cc(SC(F)(F)F)cc([S+]([O-])C(F)(F)F)c2)n1. The molecule has 0 saturated carbocycles. The Balaban J connectivity index is 2.58. The smallest absolute Gasteiger partial charge is 0.578 e. The number of aromatic nitrogens is 3. The Morgan fingerprint density at radius 3 is 2.17 bits per heavy atom. The zero-order valence-electron chi connectivity index (χ0n) is 11.2. The minimum Gasteiger partial charge on any atom is -0.604 e. The molecular formula is C10H7F6N5OS2. The third-order valence-electron chi connectivity index (χ3n) is 2.42. The van der Waals surface area contributed by atoms with Crippen LogP contribution in [0, 0.1) is 0 Å². The Kier molecular flexibility index (Phi) is 4.83. The molecule has 0 amide bonds. The summed E-state index contributed by atoms with van der Waals surface area (Å²) in [7, 11) is 0. The Morgan fingerprint density at radius 2 is 1.71 bits per heavy atom. The van der Waals surface area contributed by atoms with Crippen LogP contribution in [0.5, 0.6) is 0 Å². The van der Waals surface area contributed by atoms with Crippen molar-refractivity contribution in [3.63, 3.8) is 0 Å². The Hall–Kier alpha value is -1.80. The minimum absolute atomic E-state index is 0.293. The van der Waals surface area contributed by atoms with E-state index in [4.69, 9.17) is 11.5 Å². The van der Waals surface area contributed by atoms with Crippen molar-refractivity contribution in [3.8, 4) is 5.69 Å². The van der Waals surface area contributed by atoms with Gasteiger partial charge in [0.05, 0.1) is 16.9 Å². The van der Waals surface area contributed by atoms with Gasteiger partial charge in [-0.15, -0.1) is 18.3 Å². The van der Waals surface area contributed by atoms with Crippen molar-refractivity contribution >= 4 is 34.8 Å². The number of nitrogens with zero attached hydrogens (tertiary/aromatic N) is 3. The first-order valence-electron chi connectivity index (χ1n) is 5.74. The van der Waals surface area contributed by atoms with Crippen molar-refractivity contribution in [3.05, 3.63) is 18.2 Å². The van der Waals surface area contributed by atoms with Gasteiger partial charge in [-0.25, -0.2) is 0 Å². The van der Waals surface area contributed by atoms with Gasteiger partial charge in [0.1, 0.15) is 0 Å². The highest BCUT2D eigenvalue weighted by Crippen LogP contribution is 2.40. The number of alkyl halides is 6. The van der Waals surface area contributed by atoms with Gasteiger partial charge in [0.25, 0.3) is 0 Å². The summed E-state index contributed by atoms with van der Waals surface area (Å²) in [6, 6.07) is 2.15. The first kappa shape index (κ1) is 18.5. The second-order valence-corrected chi connectivity index (χ2v) is 6.78. The molecule has 0 aliphatic heterocycles. The van der Waals surface area contributed by atoms with Crippen LogP contribution in [-0.4, -0.2) is 30.3 Å². The fourth-order valence-electron chi connectivity index (χ4n) is 1.64. The van der Waals surface area contributed by atoms with E-state index in [1.165, 1.54) is 0 Å². The maximum absolute atomic E-state index is 12.6. The Bertz CT molecular complexity index is 746. The highest BCUT2D eigenvalue weighted by atomic mass is 32.2. The molecule has 0 bridgehead atoms. The van der Waals surface area contributed by atoms with Crippen molar-refractivity contribution in [2.75, 3.05) is 11.5 Å². The van der Waals surface area contributed by atoms with Crippen LogP contribution in [0.1, 0.15) is 0 Å². The average Bonchev–Trinajstić information content (AvgIpc) is 2.73. The molecule has 0 radical (unpaired) electrons. The van der Waals surface area contributed by atoms with Gasteiger partial charge in [0.2, 0.25) is 11.9 Å². The molecule has 0 aliphatic carbocycles. The normalized spacial score (nSPS) is 14.0. The van der Waals surface area contributed by atoms with Crippen LogP contribution in [0.25, 0.3) is 5.69 Å². The number of hydrogen-bond acceptors (Lipinski definition) is 6. The fraction of sp³-hybridized carbons (Fsp3) is 0.200. The van der Waals surface area contributed by atoms with Crippen molar-refractivity contribution in [1.29, 1.82) is 0 Å².